The number of carbonyl (C=O) groups excluding carboxylic acids is 3. The first-order valence-electron chi connectivity index (χ1n) is 12.0. The van der Waals surface area contributed by atoms with Gasteiger partial charge in [-0.15, -0.1) is 0 Å². The SMILES string of the molecule is CNC(=O)CCC(C=O)n1c(=O)n(C)c2c(OC3CC4(C3)CN(C(=O)OC(C)(C)C)C4)cccc21. The molecule has 0 radical (unpaired) electrons. The Hall–Kier alpha value is -3.30. The highest BCUT2D eigenvalue weighted by Crippen LogP contribution is 2.50. The number of nitrogens with one attached hydrogen (secondary N) is 1. The number of amides is 2. The van der Waals surface area contributed by atoms with Gasteiger partial charge in [-0.05, 0) is 52.2 Å². The number of ether oxygens (including phenoxy) is 2. The normalized spacial score (nSPS) is 18.0. The maximum atomic E-state index is 13.0. The monoisotopic (exact) mass is 486 g/mol. The average molecular weight is 487 g/mol. The third kappa shape index (κ3) is 4.78. The lowest BCUT2D eigenvalue weighted by Gasteiger charge is -2.58. The second-order valence-corrected chi connectivity index (χ2v) is 10.7. The summed E-state index contributed by atoms with van der Waals surface area (Å²) < 4.78 is 14.7. The van der Waals surface area contributed by atoms with E-state index in [1.54, 1.807) is 24.1 Å². The fourth-order valence-electron chi connectivity index (χ4n) is 5.13. The minimum Gasteiger partial charge on any atom is -0.488 e. The number of carbonyl (C=O) groups is 3. The van der Waals surface area contributed by atoms with Gasteiger partial charge in [0, 0.05) is 39.0 Å². The largest absolute Gasteiger partial charge is 0.488 e. The predicted octanol–water partition coefficient (Wildman–Crippen LogP) is 2.38. The van der Waals surface area contributed by atoms with Gasteiger partial charge in [0.1, 0.15) is 29.3 Å². The maximum Gasteiger partial charge on any atom is 0.410 e. The molecule has 1 aromatic heterocycles. The molecule has 4 rings (SSSR count). The van der Waals surface area contributed by atoms with E-state index in [1.807, 2.05) is 26.8 Å². The Morgan fingerprint density at radius 2 is 1.94 bits per heavy atom. The first-order chi connectivity index (χ1) is 16.5. The summed E-state index contributed by atoms with van der Waals surface area (Å²) in [5.74, 6) is 0.397. The predicted molar refractivity (Wildman–Crippen MR) is 129 cm³/mol. The second-order valence-electron chi connectivity index (χ2n) is 10.7. The molecule has 2 fully saturated rings. The van der Waals surface area contributed by atoms with Gasteiger partial charge < -0.3 is 24.5 Å². The highest BCUT2D eigenvalue weighted by Gasteiger charge is 2.55. The Balaban J connectivity index is 1.45. The molecule has 1 atom stereocenters. The third-order valence-electron chi connectivity index (χ3n) is 6.82. The molecule has 2 amide bonds. The van der Waals surface area contributed by atoms with Crippen LogP contribution in [0.2, 0.25) is 0 Å². The van der Waals surface area contributed by atoms with Crippen LogP contribution in [0.4, 0.5) is 4.79 Å². The summed E-state index contributed by atoms with van der Waals surface area (Å²) in [6.07, 6.45) is 2.42. The Kier molecular flexibility index (Phi) is 6.42. The van der Waals surface area contributed by atoms with E-state index in [1.165, 1.54) is 16.2 Å². The molecule has 2 aromatic rings. The van der Waals surface area contributed by atoms with E-state index in [-0.39, 0.29) is 42.1 Å². The van der Waals surface area contributed by atoms with Crippen LogP contribution in [0.3, 0.4) is 0 Å². The van der Waals surface area contributed by atoms with Crippen molar-refractivity contribution in [3.63, 3.8) is 0 Å². The van der Waals surface area contributed by atoms with Gasteiger partial charge in [0.05, 0.1) is 11.6 Å². The molecular weight excluding hydrogens is 452 g/mol. The van der Waals surface area contributed by atoms with Gasteiger partial charge in [-0.3, -0.25) is 13.9 Å². The number of para-hydroxylation sites is 1. The van der Waals surface area contributed by atoms with Gasteiger partial charge >= 0.3 is 11.8 Å². The standard InChI is InChI=1S/C25H34N4O6/c1-24(2,3)35-23(33)28-14-25(15-28)11-17(12-25)34-19-8-6-7-18-21(19)27(5)22(32)29(18)16(13-30)9-10-20(31)26-4/h6-8,13,16-17H,9-12,14-15H2,1-5H3,(H,26,31). The molecule has 1 saturated carbocycles. The number of benzene rings is 1. The van der Waals surface area contributed by atoms with Gasteiger partial charge in [-0.25, -0.2) is 9.59 Å². The molecule has 1 saturated heterocycles. The van der Waals surface area contributed by atoms with Crippen LogP contribution in [0.5, 0.6) is 5.75 Å². The van der Waals surface area contributed by atoms with Crippen LogP contribution in [0.25, 0.3) is 11.0 Å². The summed E-state index contributed by atoms with van der Waals surface area (Å²) in [5, 5.41) is 2.54. The highest BCUT2D eigenvalue weighted by molar-refractivity contribution is 5.84. The zero-order valence-corrected chi connectivity index (χ0v) is 21.0. The first kappa shape index (κ1) is 24.8. The number of aryl methyl sites for hydroxylation is 1. The number of fused-ring (bicyclic) bond motifs is 1. The molecule has 0 bridgehead atoms. The van der Waals surface area contributed by atoms with Crippen molar-refractivity contribution < 1.29 is 23.9 Å². The smallest absolute Gasteiger partial charge is 0.410 e. The number of nitrogens with zero attached hydrogens (tertiary/aromatic N) is 3. The average Bonchev–Trinajstić information content (AvgIpc) is 2.99. The lowest BCUT2D eigenvalue weighted by molar-refractivity contribution is -0.121. The summed E-state index contributed by atoms with van der Waals surface area (Å²) >= 11 is 0. The van der Waals surface area contributed by atoms with Gasteiger partial charge in [-0.1, -0.05) is 6.07 Å². The van der Waals surface area contributed by atoms with Crippen LogP contribution in [0.1, 0.15) is 52.5 Å². The van der Waals surface area contributed by atoms with E-state index in [0.717, 1.165) is 12.8 Å². The van der Waals surface area contributed by atoms with Crippen LogP contribution >= 0.6 is 0 Å². The van der Waals surface area contributed by atoms with Crippen molar-refractivity contribution in [2.75, 3.05) is 20.1 Å². The fourth-order valence-corrected chi connectivity index (χ4v) is 5.13. The van der Waals surface area contributed by atoms with E-state index in [9.17, 15) is 19.2 Å². The van der Waals surface area contributed by atoms with E-state index in [2.05, 4.69) is 5.32 Å². The number of hydrogen-bond acceptors (Lipinski definition) is 6. The molecular formula is C25H34N4O6. The van der Waals surface area contributed by atoms with Crippen molar-refractivity contribution in [2.24, 2.45) is 12.5 Å². The number of imidazole rings is 1. The quantitative estimate of drug-likeness (QED) is 0.602. The van der Waals surface area contributed by atoms with Crippen LogP contribution in [0.15, 0.2) is 23.0 Å². The van der Waals surface area contributed by atoms with Crippen LogP contribution < -0.4 is 15.7 Å². The Morgan fingerprint density at radius 3 is 2.54 bits per heavy atom. The van der Waals surface area contributed by atoms with Gasteiger partial charge in [-0.2, -0.15) is 0 Å². The molecule has 1 unspecified atom stereocenters. The summed E-state index contributed by atoms with van der Waals surface area (Å²) in [5.41, 5.74) is 0.436. The van der Waals surface area contributed by atoms with Crippen LogP contribution in [-0.2, 0) is 21.4 Å². The molecule has 190 valence electrons. The third-order valence-corrected chi connectivity index (χ3v) is 6.82. The topological polar surface area (TPSA) is 112 Å². The summed E-state index contributed by atoms with van der Waals surface area (Å²) in [7, 11) is 3.19. The molecule has 2 heterocycles. The number of aldehydes is 1. The molecule has 1 aliphatic heterocycles. The molecule has 1 aliphatic carbocycles. The molecule has 35 heavy (non-hydrogen) atoms. The van der Waals surface area contributed by atoms with Crippen LogP contribution in [-0.4, -0.2) is 64.2 Å². The maximum absolute atomic E-state index is 13.0. The molecule has 10 heteroatoms. The Labute approximate surface area is 204 Å². The molecule has 2 aliphatic rings. The van der Waals surface area contributed by atoms with Gasteiger partial charge in [0.15, 0.2) is 0 Å². The van der Waals surface area contributed by atoms with Crippen molar-refractivity contribution in [3.8, 4) is 5.75 Å². The fraction of sp³-hybridized carbons (Fsp3) is 0.600. The number of rotatable bonds is 7. The van der Waals surface area contributed by atoms with Gasteiger partial charge in [0.2, 0.25) is 5.91 Å². The minimum absolute atomic E-state index is 0.0186. The number of aromatic nitrogens is 2. The Morgan fingerprint density at radius 1 is 1.26 bits per heavy atom. The van der Waals surface area contributed by atoms with Crippen molar-refractivity contribution in [1.82, 2.24) is 19.4 Å². The summed E-state index contributed by atoms with van der Waals surface area (Å²) in [6, 6.07) is 4.66. The summed E-state index contributed by atoms with van der Waals surface area (Å²) in [6.45, 7) is 6.89. The van der Waals surface area contributed by atoms with Gasteiger partial charge in [0.25, 0.3) is 0 Å². The lowest BCUT2D eigenvalue weighted by atomic mass is 9.62. The minimum atomic E-state index is -0.750. The zero-order chi connectivity index (χ0) is 25.5. The second kappa shape index (κ2) is 9.05. The van der Waals surface area contributed by atoms with E-state index in [0.29, 0.717) is 36.2 Å². The first-order valence-corrected chi connectivity index (χ1v) is 12.0. The van der Waals surface area contributed by atoms with Crippen molar-refractivity contribution >= 4 is 29.3 Å². The van der Waals surface area contributed by atoms with E-state index >= 15 is 0 Å². The molecule has 1 aromatic carbocycles. The number of likely N-dealkylation sites (tertiary alicyclic amines) is 1. The van der Waals surface area contributed by atoms with E-state index < -0.39 is 11.6 Å². The molecule has 1 spiro atoms. The van der Waals surface area contributed by atoms with Crippen LogP contribution in [0, 0.1) is 5.41 Å². The zero-order valence-electron chi connectivity index (χ0n) is 21.0. The number of hydrogen-bond donors (Lipinski definition) is 1. The Bertz CT molecular complexity index is 1190. The summed E-state index contributed by atoms with van der Waals surface area (Å²) in [4.78, 5) is 50.5. The van der Waals surface area contributed by atoms with Crippen molar-refractivity contribution in [3.05, 3.63) is 28.7 Å². The van der Waals surface area contributed by atoms with Crippen molar-refractivity contribution in [1.29, 1.82) is 0 Å². The lowest BCUT2D eigenvalue weighted by Crippen LogP contribution is -2.66. The highest BCUT2D eigenvalue weighted by atomic mass is 16.6. The molecule has 1 N–H and O–H groups in total. The molecule has 10 nitrogen and oxygen atoms in total. The van der Waals surface area contributed by atoms with Crippen molar-refractivity contribution in [2.45, 2.75) is 64.2 Å². The van der Waals surface area contributed by atoms with E-state index in [4.69, 9.17) is 9.47 Å².